The quantitative estimate of drug-likeness (QED) is 0.147. The third kappa shape index (κ3) is 28.7. The molecule has 0 radical (unpaired) electrons. The lowest BCUT2D eigenvalue weighted by Gasteiger charge is -2.08. The summed E-state index contributed by atoms with van der Waals surface area (Å²) in [5.74, 6) is -0.625. The van der Waals surface area contributed by atoms with Gasteiger partial charge in [-0.05, 0) is 0 Å². The van der Waals surface area contributed by atoms with E-state index in [1.165, 1.54) is 13.8 Å². The molecule has 0 saturated carbocycles. The van der Waals surface area contributed by atoms with Crippen LogP contribution in [0, 0.1) is 0 Å². The van der Waals surface area contributed by atoms with Crippen molar-refractivity contribution in [2.45, 2.75) is 13.8 Å². The van der Waals surface area contributed by atoms with Gasteiger partial charge in [0.2, 0.25) is 0 Å². The molecule has 0 aromatic carbocycles. The van der Waals surface area contributed by atoms with E-state index in [-0.39, 0.29) is 25.2 Å². The SMILES string of the molecule is CC(=O)OCCOCCOCCOCCOCCOCCOCCOCCOC(C)=O. The molecule has 0 aliphatic carbocycles. The van der Waals surface area contributed by atoms with Crippen LogP contribution in [0.4, 0.5) is 0 Å². The van der Waals surface area contributed by atoms with Crippen molar-refractivity contribution in [2.75, 3.05) is 106 Å². The number of hydrogen-bond donors (Lipinski definition) is 0. The normalized spacial score (nSPS) is 10.9. The Hall–Kier alpha value is -1.34. The van der Waals surface area contributed by atoms with Gasteiger partial charge in [0.1, 0.15) is 13.2 Å². The third-order valence-electron chi connectivity index (χ3n) is 3.30. The first-order chi connectivity index (χ1) is 15.1. The largest absolute Gasteiger partial charge is 0.463 e. The molecule has 0 bridgehead atoms. The molecule has 0 rings (SSSR count). The summed E-state index contributed by atoms with van der Waals surface area (Å²) >= 11 is 0. The summed E-state index contributed by atoms with van der Waals surface area (Å²) in [7, 11) is 0. The maximum absolute atomic E-state index is 10.5. The second kappa shape index (κ2) is 24.9. The highest BCUT2D eigenvalue weighted by Crippen LogP contribution is 1.86. The lowest BCUT2D eigenvalue weighted by molar-refractivity contribution is -0.143. The van der Waals surface area contributed by atoms with Crippen LogP contribution >= 0.6 is 0 Å². The van der Waals surface area contributed by atoms with Gasteiger partial charge in [-0.3, -0.25) is 9.59 Å². The van der Waals surface area contributed by atoms with Crippen molar-refractivity contribution < 1.29 is 52.2 Å². The molecule has 0 fully saturated rings. The number of rotatable bonds is 24. The highest BCUT2D eigenvalue weighted by atomic mass is 16.6. The van der Waals surface area contributed by atoms with Crippen molar-refractivity contribution in [1.82, 2.24) is 0 Å². The van der Waals surface area contributed by atoms with E-state index in [1.807, 2.05) is 0 Å². The first-order valence-corrected chi connectivity index (χ1v) is 10.4. The first kappa shape index (κ1) is 29.7. The summed E-state index contributed by atoms with van der Waals surface area (Å²) in [6.07, 6.45) is 0. The molecule has 31 heavy (non-hydrogen) atoms. The maximum Gasteiger partial charge on any atom is 0.302 e. The Morgan fingerprint density at radius 3 is 0.677 bits per heavy atom. The maximum atomic E-state index is 10.5. The summed E-state index contributed by atoms with van der Waals surface area (Å²) in [4.78, 5) is 21.1. The van der Waals surface area contributed by atoms with Crippen LogP contribution in [0.3, 0.4) is 0 Å². The second-order valence-corrected chi connectivity index (χ2v) is 5.97. The van der Waals surface area contributed by atoms with Crippen LogP contribution in [-0.2, 0) is 52.2 Å². The predicted octanol–water partition coefficient (Wildman–Crippen LogP) is 0.229. The molecule has 0 aromatic rings. The summed E-state index contributed by atoms with van der Waals surface area (Å²) in [6.45, 7) is 9.66. The highest BCUT2D eigenvalue weighted by Gasteiger charge is 1.96. The van der Waals surface area contributed by atoms with E-state index in [0.717, 1.165) is 0 Å². The Morgan fingerprint density at radius 2 is 0.516 bits per heavy atom. The fourth-order valence-corrected chi connectivity index (χ4v) is 1.91. The van der Waals surface area contributed by atoms with Gasteiger partial charge < -0.3 is 42.6 Å². The standard InChI is InChI=1S/C20H38O11/c1-19(21)30-17-15-28-13-11-26-9-7-24-5-3-23-4-6-25-8-10-27-12-14-29-16-18-31-20(2)22/h3-18H2,1-2H3. The molecule has 0 aliphatic rings. The van der Waals surface area contributed by atoms with Crippen LogP contribution in [0.25, 0.3) is 0 Å². The molecule has 0 atom stereocenters. The van der Waals surface area contributed by atoms with Gasteiger partial charge in [0.05, 0.1) is 92.5 Å². The van der Waals surface area contributed by atoms with Crippen LogP contribution in [0.5, 0.6) is 0 Å². The van der Waals surface area contributed by atoms with E-state index in [2.05, 4.69) is 0 Å². The Morgan fingerprint density at radius 1 is 0.355 bits per heavy atom. The zero-order chi connectivity index (χ0) is 22.8. The fourth-order valence-electron chi connectivity index (χ4n) is 1.91. The minimum Gasteiger partial charge on any atom is -0.463 e. The van der Waals surface area contributed by atoms with Crippen LogP contribution in [0.1, 0.15) is 13.8 Å². The van der Waals surface area contributed by atoms with E-state index in [1.54, 1.807) is 0 Å². The highest BCUT2D eigenvalue weighted by molar-refractivity contribution is 5.66. The topological polar surface area (TPSA) is 117 Å². The van der Waals surface area contributed by atoms with Gasteiger partial charge in [-0.15, -0.1) is 0 Å². The Kier molecular flexibility index (Phi) is 23.8. The minimum atomic E-state index is -0.313. The molecule has 0 saturated heterocycles. The van der Waals surface area contributed by atoms with Crippen LogP contribution in [0.2, 0.25) is 0 Å². The van der Waals surface area contributed by atoms with Crippen molar-refractivity contribution in [2.24, 2.45) is 0 Å². The third-order valence-corrected chi connectivity index (χ3v) is 3.30. The summed E-state index contributed by atoms with van der Waals surface area (Å²) in [5, 5.41) is 0. The molecule has 0 N–H and O–H groups in total. The summed E-state index contributed by atoms with van der Waals surface area (Å²) in [6, 6.07) is 0. The van der Waals surface area contributed by atoms with Crippen LogP contribution < -0.4 is 0 Å². The zero-order valence-corrected chi connectivity index (χ0v) is 18.8. The van der Waals surface area contributed by atoms with Crippen LogP contribution in [-0.4, -0.2) is 118 Å². The van der Waals surface area contributed by atoms with Crippen molar-refractivity contribution >= 4 is 11.9 Å². The lowest BCUT2D eigenvalue weighted by atomic mass is 10.6. The smallest absolute Gasteiger partial charge is 0.302 e. The Balaban J connectivity index is 3.02. The van der Waals surface area contributed by atoms with E-state index < -0.39 is 0 Å². The number of carbonyl (C=O) groups excluding carboxylic acids is 2. The number of ether oxygens (including phenoxy) is 9. The van der Waals surface area contributed by atoms with Gasteiger partial charge in [-0.2, -0.15) is 0 Å². The molecule has 0 heterocycles. The van der Waals surface area contributed by atoms with Gasteiger partial charge >= 0.3 is 11.9 Å². The lowest BCUT2D eigenvalue weighted by Crippen LogP contribution is -2.15. The Bertz CT molecular complexity index is 371. The molecule has 0 unspecified atom stereocenters. The van der Waals surface area contributed by atoms with Gasteiger partial charge in [0, 0.05) is 13.8 Å². The molecular formula is C20H38O11. The van der Waals surface area contributed by atoms with Gasteiger partial charge in [-0.25, -0.2) is 0 Å². The van der Waals surface area contributed by atoms with Crippen molar-refractivity contribution in [3.8, 4) is 0 Å². The Labute approximate surface area is 184 Å². The monoisotopic (exact) mass is 454 g/mol. The van der Waals surface area contributed by atoms with Crippen molar-refractivity contribution in [3.05, 3.63) is 0 Å². The molecule has 0 spiro atoms. The fraction of sp³-hybridized carbons (Fsp3) is 0.900. The van der Waals surface area contributed by atoms with Gasteiger partial charge in [-0.1, -0.05) is 0 Å². The molecule has 0 amide bonds. The number of hydrogen-bond acceptors (Lipinski definition) is 11. The van der Waals surface area contributed by atoms with Crippen molar-refractivity contribution in [1.29, 1.82) is 0 Å². The molecular weight excluding hydrogens is 416 g/mol. The van der Waals surface area contributed by atoms with Gasteiger partial charge in [0.25, 0.3) is 0 Å². The average molecular weight is 455 g/mol. The van der Waals surface area contributed by atoms with E-state index in [0.29, 0.717) is 92.5 Å². The molecule has 11 heteroatoms. The average Bonchev–Trinajstić information content (AvgIpc) is 2.73. The van der Waals surface area contributed by atoms with Crippen molar-refractivity contribution in [3.63, 3.8) is 0 Å². The van der Waals surface area contributed by atoms with Crippen LogP contribution in [0.15, 0.2) is 0 Å². The zero-order valence-electron chi connectivity index (χ0n) is 18.8. The number of esters is 2. The van der Waals surface area contributed by atoms with E-state index in [4.69, 9.17) is 42.6 Å². The van der Waals surface area contributed by atoms with E-state index in [9.17, 15) is 9.59 Å². The number of carbonyl (C=O) groups is 2. The molecule has 11 nitrogen and oxygen atoms in total. The first-order valence-electron chi connectivity index (χ1n) is 10.4. The summed E-state index contributed by atoms with van der Waals surface area (Å²) in [5.41, 5.74) is 0. The van der Waals surface area contributed by atoms with Gasteiger partial charge in [0.15, 0.2) is 0 Å². The predicted molar refractivity (Wildman–Crippen MR) is 109 cm³/mol. The molecule has 0 aromatic heterocycles. The molecule has 0 aliphatic heterocycles. The second-order valence-electron chi connectivity index (χ2n) is 5.97. The molecule has 184 valence electrons. The summed E-state index contributed by atoms with van der Waals surface area (Å²) < 4.78 is 46.7. The van der Waals surface area contributed by atoms with E-state index >= 15 is 0 Å². The minimum absolute atomic E-state index is 0.258.